The number of esters is 1. The summed E-state index contributed by atoms with van der Waals surface area (Å²) in [4.78, 5) is 30.9. The quantitative estimate of drug-likeness (QED) is 0.441. The van der Waals surface area contributed by atoms with Crippen LogP contribution in [-0.2, 0) is 19.2 Å². The fourth-order valence-electron chi connectivity index (χ4n) is 7.60. The molecule has 29 heavy (non-hydrogen) atoms. The monoisotopic (exact) mass is 404 g/mol. The van der Waals surface area contributed by atoms with Crippen molar-refractivity contribution in [3.05, 3.63) is 0 Å². The second kappa shape index (κ2) is 7.68. The molecule has 0 aromatic heterocycles. The van der Waals surface area contributed by atoms with Crippen LogP contribution < -0.4 is 5.73 Å². The molecule has 0 heterocycles. The smallest absolute Gasteiger partial charge is 0.308 e. The van der Waals surface area contributed by atoms with Crippen LogP contribution in [0.4, 0.5) is 0 Å². The minimum Gasteiger partial charge on any atom is -0.469 e. The molecule has 0 bridgehead atoms. The van der Waals surface area contributed by atoms with Gasteiger partial charge in [0.05, 0.1) is 18.7 Å². The first-order chi connectivity index (χ1) is 13.8. The molecule has 0 saturated heterocycles. The molecule has 6 nitrogen and oxygen atoms in total. The SMILES string of the molecule is COC(=O)C1C[C@@H]2[C@@H](CC[C@]3(C)C(=O)CC[C@@H]23)[C@@]2(C)CCC(=NOCCN)CC12. The van der Waals surface area contributed by atoms with Gasteiger partial charge in [-0.05, 0) is 74.0 Å². The van der Waals surface area contributed by atoms with E-state index in [2.05, 4.69) is 19.0 Å². The van der Waals surface area contributed by atoms with Gasteiger partial charge < -0.3 is 15.3 Å². The van der Waals surface area contributed by atoms with Crippen LogP contribution in [0.3, 0.4) is 0 Å². The number of oxime groups is 1. The van der Waals surface area contributed by atoms with E-state index in [0.717, 1.165) is 50.7 Å². The van der Waals surface area contributed by atoms with E-state index in [4.69, 9.17) is 15.3 Å². The molecule has 162 valence electrons. The zero-order chi connectivity index (χ0) is 20.8. The molecule has 7 atom stereocenters. The van der Waals surface area contributed by atoms with Gasteiger partial charge in [-0.1, -0.05) is 19.0 Å². The molecule has 4 saturated carbocycles. The fraction of sp³-hybridized carbons (Fsp3) is 0.870. The summed E-state index contributed by atoms with van der Waals surface area (Å²) >= 11 is 0. The second-order valence-electron chi connectivity index (χ2n) is 10.3. The van der Waals surface area contributed by atoms with Gasteiger partial charge in [0.25, 0.3) is 0 Å². The molecule has 2 N–H and O–H groups in total. The van der Waals surface area contributed by atoms with Crippen LogP contribution in [0.15, 0.2) is 5.16 Å². The Morgan fingerprint density at radius 3 is 2.69 bits per heavy atom. The molecule has 0 radical (unpaired) electrons. The van der Waals surface area contributed by atoms with Crippen molar-refractivity contribution in [2.24, 2.45) is 51.3 Å². The maximum absolute atomic E-state index is 12.9. The minimum absolute atomic E-state index is 0.0849. The van der Waals surface area contributed by atoms with E-state index in [1.807, 2.05) is 0 Å². The molecule has 0 aromatic rings. The largest absolute Gasteiger partial charge is 0.469 e. The Hall–Kier alpha value is -1.43. The number of nitrogens with two attached hydrogens (primary N) is 1. The number of ketones is 1. The fourth-order valence-corrected chi connectivity index (χ4v) is 7.60. The number of ether oxygens (including phenoxy) is 1. The normalized spacial score (nSPS) is 45.3. The van der Waals surface area contributed by atoms with Gasteiger partial charge in [0.1, 0.15) is 12.4 Å². The topological polar surface area (TPSA) is 91.0 Å². The number of Topliss-reactive ketones (excluding diaryl/α,β-unsaturated/α-hetero) is 1. The van der Waals surface area contributed by atoms with Crippen molar-refractivity contribution in [1.29, 1.82) is 0 Å². The van der Waals surface area contributed by atoms with Crippen molar-refractivity contribution in [3.63, 3.8) is 0 Å². The van der Waals surface area contributed by atoms with E-state index in [1.54, 1.807) is 0 Å². The summed E-state index contributed by atoms with van der Waals surface area (Å²) < 4.78 is 5.26. The molecule has 4 rings (SSSR count). The number of methoxy groups -OCH3 is 1. The van der Waals surface area contributed by atoms with Crippen LogP contribution in [-0.4, -0.2) is 37.7 Å². The van der Waals surface area contributed by atoms with Crippen LogP contribution >= 0.6 is 0 Å². The van der Waals surface area contributed by atoms with Gasteiger partial charge in [0, 0.05) is 18.4 Å². The molecular formula is C23H36N2O4. The summed E-state index contributed by atoms with van der Waals surface area (Å²) in [5, 5.41) is 4.33. The number of hydrogen-bond acceptors (Lipinski definition) is 6. The lowest BCUT2D eigenvalue weighted by atomic mass is 9.43. The van der Waals surface area contributed by atoms with E-state index in [0.29, 0.717) is 43.1 Å². The number of hydrogen-bond donors (Lipinski definition) is 1. The summed E-state index contributed by atoms with van der Waals surface area (Å²) in [6.45, 7) is 5.45. The van der Waals surface area contributed by atoms with Gasteiger partial charge >= 0.3 is 5.97 Å². The third-order valence-electron chi connectivity index (χ3n) is 9.17. The minimum atomic E-state index is -0.178. The number of nitrogens with zero attached hydrogens (tertiary/aromatic N) is 1. The lowest BCUT2D eigenvalue weighted by Gasteiger charge is -2.61. The van der Waals surface area contributed by atoms with E-state index in [1.165, 1.54) is 7.11 Å². The predicted octanol–water partition coefficient (Wildman–Crippen LogP) is 3.33. The Bertz CT molecular complexity index is 707. The third kappa shape index (κ3) is 3.22. The van der Waals surface area contributed by atoms with Gasteiger partial charge in [0.2, 0.25) is 0 Å². The zero-order valence-electron chi connectivity index (χ0n) is 18.1. The highest BCUT2D eigenvalue weighted by molar-refractivity contribution is 5.88. The Balaban J connectivity index is 1.65. The van der Waals surface area contributed by atoms with E-state index < -0.39 is 0 Å². The molecule has 4 fully saturated rings. The van der Waals surface area contributed by atoms with E-state index >= 15 is 0 Å². The van der Waals surface area contributed by atoms with Crippen molar-refractivity contribution >= 4 is 17.5 Å². The average molecular weight is 405 g/mol. The van der Waals surface area contributed by atoms with Crippen LogP contribution in [0.25, 0.3) is 0 Å². The van der Waals surface area contributed by atoms with E-state index in [9.17, 15) is 9.59 Å². The highest BCUT2D eigenvalue weighted by Crippen LogP contribution is 2.66. The predicted molar refractivity (Wildman–Crippen MR) is 110 cm³/mol. The first-order valence-electron chi connectivity index (χ1n) is 11.3. The number of carbonyl (C=O) groups excluding carboxylic acids is 2. The Labute approximate surface area is 173 Å². The summed E-state index contributed by atoms with van der Waals surface area (Å²) in [6.07, 6.45) is 7.38. The lowest BCUT2D eigenvalue weighted by molar-refractivity contribution is -0.167. The molecule has 0 spiro atoms. The standard InChI is InChI=1S/C23H36N2O4/c1-22-8-6-14(25-29-11-10-24)12-19(22)16(21(27)28-3)13-15-17-4-5-20(26)23(17,2)9-7-18(15)22/h15-19H,4-13,24H2,1-3H3/t15-,16?,17-,18+,19?,22+,23-/m0/s1. The Morgan fingerprint density at radius 1 is 1.17 bits per heavy atom. The molecular weight excluding hydrogens is 368 g/mol. The Morgan fingerprint density at radius 2 is 1.97 bits per heavy atom. The first kappa shape index (κ1) is 20.8. The van der Waals surface area contributed by atoms with Crippen molar-refractivity contribution < 1.29 is 19.2 Å². The molecule has 0 aliphatic heterocycles. The van der Waals surface area contributed by atoms with Gasteiger partial charge in [-0.25, -0.2) is 0 Å². The number of rotatable bonds is 4. The molecule has 0 amide bonds. The van der Waals surface area contributed by atoms with Gasteiger partial charge in [-0.15, -0.1) is 0 Å². The van der Waals surface area contributed by atoms with Crippen molar-refractivity contribution in [1.82, 2.24) is 0 Å². The highest BCUT2D eigenvalue weighted by Gasteiger charge is 2.63. The van der Waals surface area contributed by atoms with Crippen LogP contribution in [0, 0.1) is 40.4 Å². The lowest BCUT2D eigenvalue weighted by Crippen LogP contribution is -2.57. The number of fused-ring (bicyclic) bond motifs is 5. The molecule has 6 heteroatoms. The molecule has 2 unspecified atom stereocenters. The van der Waals surface area contributed by atoms with Crippen molar-refractivity contribution in [3.8, 4) is 0 Å². The summed E-state index contributed by atoms with van der Waals surface area (Å²) in [5.41, 5.74) is 6.46. The van der Waals surface area contributed by atoms with Crippen molar-refractivity contribution in [2.75, 3.05) is 20.3 Å². The summed E-state index contributed by atoms with van der Waals surface area (Å²) in [7, 11) is 1.50. The van der Waals surface area contributed by atoms with Gasteiger partial charge in [-0.2, -0.15) is 0 Å². The average Bonchev–Trinajstić information content (AvgIpc) is 3.02. The van der Waals surface area contributed by atoms with E-state index in [-0.39, 0.29) is 28.6 Å². The Kier molecular flexibility index (Phi) is 5.51. The highest BCUT2D eigenvalue weighted by atomic mass is 16.6. The molecule has 4 aliphatic rings. The van der Waals surface area contributed by atoms with Crippen molar-refractivity contribution in [2.45, 2.75) is 65.2 Å². The molecule has 4 aliphatic carbocycles. The van der Waals surface area contributed by atoms with Crippen LogP contribution in [0.1, 0.15) is 65.2 Å². The first-order valence-corrected chi connectivity index (χ1v) is 11.3. The van der Waals surface area contributed by atoms with Crippen LogP contribution in [0.2, 0.25) is 0 Å². The maximum Gasteiger partial charge on any atom is 0.308 e. The molecule has 0 aromatic carbocycles. The number of carbonyl (C=O) groups is 2. The third-order valence-corrected chi connectivity index (χ3v) is 9.17. The van der Waals surface area contributed by atoms with Gasteiger partial charge in [0.15, 0.2) is 0 Å². The summed E-state index contributed by atoms with van der Waals surface area (Å²) in [5.74, 6) is 1.89. The van der Waals surface area contributed by atoms with Gasteiger partial charge in [-0.3, -0.25) is 9.59 Å². The summed E-state index contributed by atoms with van der Waals surface area (Å²) in [6, 6.07) is 0. The second-order valence-corrected chi connectivity index (χ2v) is 10.3. The zero-order valence-corrected chi connectivity index (χ0v) is 18.1. The van der Waals surface area contributed by atoms with Crippen LogP contribution in [0.5, 0.6) is 0 Å². The maximum atomic E-state index is 12.9.